The van der Waals surface area contributed by atoms with Gasteiger partial charge >= 0.3 is 0 Å². The van der Waals surface area contributed by atoms with Gasteiger partial charge in [0.1, 0.15) is 12.2 Å². The van der Waals surface area contributed by atoms with E-state index in [0.29, 0.717) is 0 Å². The number of oxime groups is 1. The van der Waals surface area contributed by atoms with Crippen LogP contribution in [0.3, 0.4) is 0 Å². The first-order valence-electron chi connectivity index (χ1n) is 16.8. The summed E-state index contributed by atoms with van der Waals surface area (Å²) in [6, 6.07) is 41.9. The zero-order valence-corrected chi connectivity index (χ0v) is 31.4. The summed E-state index contributed by atoms with van der Waals surface area (Å²) in [6.45, 7) is 19.0. The first-order chi connectivity index (χ1) is 22.8. The van der Waals surface area contributed by atoms with E-state index in [9.17, 15) is 5.11 Å². The Morgan fingerprint density at radius 1 is 0.667 bits per heavy atom. The van der Waals surface area contributed by atoms with Crippen LogP contribution in [0.2, 0.25) is 10.1 Å². The van der Waals surface area contributed by atoms with Gasteiger partial charge in [0.15, 0.2) is 12.2 Å². The summed E-state index contributed by atoms with van der Waals surface area (Å²) in [5, 5.41) is 19.8. The van der Waals surface area contributed by atoms with Crippen molar-refractivity contribution < 1.29 is 23.5 Å². The second-order valence-electron chi connectivity index (χ2n) is 14.9. The molecule has 5 rings (SSSR count). The van der Waals surface area contributed by atoms with E-state index in [4.69, 9.17) is 18.4 Å². The lowest BCUT2D eigenvalue weighted by atomic mass is 9.96. The Hall–Kier alpha value is -3.38. The first kappa shape index (κ1) is 35.9. The van der Waals surface area contributed by atoms with Crippen molar-refractivity contribution in [1.82, 2.24) is 0 Å². The summed E-state index contributed by atoms with van der Waals surface area (Å²) in [6.07, 6.45) is -2.31. The number of nitrogens with zero attached hydrogens (tertiary/aromatic N) is 1. The highest BCUT2D eigenvalue weighted by atomic mass is 28.4. The predicted molar refractivity (Wildman–Crippen MR) is 201 cm³/mol. The third-order valence-electron chi connectivity index (χ3n) is 9.80. The summed E-state index contributed by atoms with van der Waals surface area (Å²) in [5.41, 5.74) is -1.21. The van der Waals surface area contributed by atoms with Crippen molar-refractivity contribution in [2.45, 2.75) is 82.5 Å². The molecule has 4 aromatic rings. The molecule has 1 aliphatic rings. The fourth-order valence-electron chi connectivity index (χ4n) is 7.54. The minimum Gasteiger partial charge on any atom is -0.404 e. The van der Waals surface area contributed by atoms with Gasteiger partial charge in [-0.3, -0.25) is 0 Å². The van der Waals surface area contributed by atoms with Crippen LogP contribution >= 0.6 is 0 Å². The normalized spacial score (nSPS) is 22.0. The van der Waals surface area contributed by atoms with Gasteiger partial charge in [-0.1, -0.05) is 163 Å². The molecule has 1 fully saturated rings. The zero-order valence-electron chi connectivity index (χ0n) is 29.4. The molecule has 4 aromatic carbocycles. The van der Waals surface area contributed by atoms with E-state index in [1.54, 1.807) is 0 Å². The second-order valence-corrected chi connectivity index (χ2v) is 23.5. The zero-order chi connectivity index (χ0) is 34.6. The van der Waals surface area contributed by atoms with Gasteiger partial charge in [-0.2, -0.15) is 0 Å². The van der Waals surface area contributed by atoms with Crippen LogP contribution < -0.4 is 20.7 Å². The fourth-order valence-corrected chi connectivity index (χ4v) is 16.9. The maximum atomic E-state index is 12.1. The largest absolute Gasteiger partial charge is 0.404 e. The topological polar surface area (TPSA) is 69.5 Å². The van der Waals surface area contributed by atoms with Crippen LogP contribution in [-0.4, -0.2) is 65.6 Å². The number of hydrogen-bond acceptors (Lipinski definition) is 6. The fraction of sp³-hybridized carbons (Fsp3) is 0.375. The third-order valence-corrected chi connectivity index (χ3v) is 19.8. The number of hydrogen-bond donors (Lipinski definition) is 1. The Balaban J connectivity index is 1.70. The van der Waals surface area contributed by atoms with Crippen molar-refractivity contribution in [3.63, 3.8) is 0 Å². The van der Waals surface area contributed by atoms with Crippen LogP contribution in [0.4, 0.5) is 0 Å². The number of ether oxygens (including phenoxy) is 1. The van der Waals surface area contributed by atoms with E-state index in [1.807, 2.05) is 31.2 Å². The molecule has 0 unspecified atom stereocenters. The maximum Gasteiger partial charge on any atom is 0.261 e. The van der Waals surface area contributed by atoms with E-state index >= 15 is 0 Å². The Kier molecular flexibility index (Phi) is 10.6. The average molecular weight is 682 g/mol. The highest BCUT2D eigenvalue weighted by Crippen LogP contribution is 2.44. The Morgan fingerprint density at radius 3 is 1.40 bits per heavy atom. The molecule has 4 atom stereocenters. The van der Waals surface area contributed by atoms with Gasteiger partial charge in [-0.05, 0) is 37.7 Å². The standard InChI is InChI=1S/C40H51NO5Si2/c1-31-36(42)37(46-48(39(5,6)7,34-25-17-11-18-26-34)35-27-19-12-20-28-35)40(45-31,29-43-41-8)30-44-47(38(2,3)4,32-21-13-9-14-22-32)33-23-15-10-16-24-33/h9-28,31,36-37,42H,8,29-30H2,1-7H3/t31-,36+,37-,40+/m0/s1. The second kappa shape index (κ2) is 14.2. The minimum absolute atomic E-state index is 0.00102. The molecule has 0 amide bonds. The molecule has 1 N–H and O–H groups in total. The van der Waals surface area contributed by atoms with Crippen LogP contribution in [0.1, 0.15) is 48.5 Å². The van der Waals surface area contributed by atoms with Gasteiger partial charge in [-0.15, -0.1) is 5.16 Å². The first-order valence-corrected chi connectivity index (χ1v) is 20.6. The van der Waals surface area contributed by atoms with Gasteiger partial charge in [0.05, 0.1) is 12.7 Å². The lowest BCUT2D eigenvalue weighted by Crippen LogP contribution is -2.72. The van der Waals surface area contributed by atoms with Crippen LogP contribution in [0.15, 0.2) is 126 Å². The quantitative estimate of drug-likeness (QED) is 0.119. The Bertz CT molecular complexity index is 1530. The third kappa shape index (κ3) is 6.50. The van der Waals surface area contributed by atoms with Crippen LogP contribution in [0, 0.1) is 0 Å². The van der Waals surface area contributed by atoms with Crippen LogP contribution in [0.5, 0.6) is 0 Å². The average Bonchev–Trinajstić information content (AvgIpc) is 3.31. The number of aliphatic hydroxyl groups is 1. The summed E-state index contributed by atoms with van der Waals surface area (Å²) >= 11 is 0. The molecule has 1 saturated heterocycles. The van der Waals surface area contributed by atoms with Gasteiger partial charge in [0, 0.05) is 6.72 Å². The van der Waals surface area contributed by atoms with E-state index < -0.39 is 40.5 Å². The summed E-state index contributed by atoms with van der Waals surface area (Å²) in [5.74, 6) is 0. The van der Waals surface area contributed by atoms with Crippen molar-refractivity contribution in [1.29, 1.82) is 0 Å². The van der Waals surface area contributed by atoms with E-state index in [0.717, 1.165) is 20.7 Å². The summed E-state index contributed by atoms with van der Waals surface area (Å²) < 4.78 is 22.0. The predicted octanol–water partition coefficient (Wildman–Crippen LogP) is 5.66. The summed E-state index contributed by atoms with van der Waals surface area (Å²) in [4.78, 5) is 5.77. The van der Waals surface area contributed by atoms with Crippen molar-refractivity contribution >= 4 is 44.1 Å². The van der Waals surface area contributed by atoms with E-state index in [1.165, 1.54) is 0 Å². The molecule has 0 aliphatic carbocycles. The molecule has 0 spiro atoms. The molecule has 6 nitrogen and oxygen atoms in total. The Labute approximate surface area is 289 Å². The minimum atomic E-state index is -3.14. The smallest absolute Gasteiger partial charge is 0.261 e. The van der Waals surface area contributed by atoms with Crippen LogP contribution in [0.25, 0.3) is 0 Å². The van der Waals surface area contributed by atoms with Crippen LogP contribution in [-0.2, 0) is 18.4 Å². The summed E-state index contributed by atoms with van der Waals surface area (Å²) in [7, 11) is -6.15. The van der Waals surface area contributed by atoms with Crippen molar-refractivity contribution in [3.8, 4) is 0 Å². The van der Waals surface area contributed by atoms with E-state index in [-0.39, 0.29) is 23.3 Å². The highest BCUT2D eigenvalue weighted by molar-refractivity contribution is 7.00. The molecular formula is C40H51NO5Si2. The van der Waals surface area contributed by atoms with Gasteiger partial charge in [0.2, 0.25) is 0 Å². The molecule has 0 aromatic heterocycles. The van der Waals surface area contributed by atoms with Gasteiger partial charge in [0.25, 0.3) is 16.6 Å². The molecular weight excluding hydrogens is 631 g/mol. The number of rotatable bonds is 12. The molecule has 0 saturated carbocycles. The molecule has 8 heteroatoms. The number of benzene rings is 4. The molecule has 1 heterocycles. The van der Waals surface area contributed by atoms with Gasteiger partial charge in [-0.25, -0.2) is 0 Å². The van der Waals surface area contributed by atoms with Crippen molar-refractivity contribution in [3.05, 3.63) is 121 Å². The molecule has 0 bridgehead atoms. The van der Waals surface area contributed by atoms with Gasteiger partial charge < -0.3 is 23.5 Å². The maximum absolute atomic E-state index is 12.1. The van der Waals surface area contributed by atoms with Crippen molar-refractivity contribution in [2.75, 3.05) is 13.2 Å². The molecule has 48 heavy (non-hydrogen) atoms. The molecule has 254 valence electrons. The SMILES string of the molecule is C=NOC[C@]1(CO[Si](c2ccccc2)(c2ccccc2)C(C)(C)C)O[C@@H](C)[C@@H](O)[C@@H]1O[Si](c1ccccc1)(c1ccccc1)C(C)(C)C. The monoisotopic (exact) mass is 681 g/mol. The van der Waals surface area contributed by atoms with Crippen molar-refractivity contribution in [2.24, 2.45) is 5.16 Å². The van der Waals surface area contributed by atoms with E-state index in [2.05, 4.69) is 150 Å². The lowest BCUT2D eigenvalue weighted by Gasteiger charge is -2.49. The number of aliphatic hydroxyl groups excluding tert-OH is 1. The Morgan fingerprint density at radius 2 is 1.04 bits per heavy atom. The molecule has 0 radical (unpaired) electrons. The molecule has 1 aliphatic heterocycles. The lowest BCUT2D eigenvalue weighted by molar-refractivity contribution is -0.138. The highest BCUT2D eigenvalue weighted by Gasteiger charge is 2.62.